The van der Waals surface area contributed by atoms with Gasteiger partial charge in [0.1, 0.15) is 12.3 Å². The van der Waals surface area contributed by atoms with Gasteiger partial charge < -0.3 is 10.1 Å². The number of benzene rings is 3. The molecule has 156 valence electrons. The average Bonchev–Trinajstić information content (AvgIpc) is 2.73. The van der Waals surface area contributed by atoms with Crippen molar-refractivity contribution in [3.8, 4) is 5.75 Å². The van der Waals surface area contributed by atoms with E-state index in [4.69, 9.17) is 4.74 Å². The summed E-state index contributed by atoms with van der Waals surface area (Å²) < 4.78 is 33.0. The van der Waals surface area contributed by atoms with Crippen LogP contribution in [0.5, 0.6) is 5.75 Å². The molecule has 3 rings (SSSR count). The van der Waals surface area contributed by atoms with Crippen molar-refractivity contribution < 1.29 is 17.9 Å². The minimum atomic E-state index is -3.94. The van der Waals surface area contributed by atoms with Crippen LogP contribution in [0.25, 0.3) is 0 Å². The Bertz CT molecular complexity index is 1120. The molecule has 3 aromatic rings. The maximum atomic E-state index is 13.3. The second-order valence-corrected chi connectivity index (χ2v) is 8.80. The highest BCUT2D eigenvalue weighted by molar-refractivity contribution is 7.92. The molecule has 1 N–H and O–H groups in total. The summed E-state index contributed by atoms with van der Waals surface area (Å²) in [5.41, 5.74) is 2.89. The SMILES string of the molecule is COc1cccc(NC(=O)CN(c2ccc(C)cc2)S(=O)(=O)c2ccc(C)cc2)c1. The van der Waals surface area contributed by atoms with E-state index in [9.17, 15) is 13.2 Å². The third-order valence-electron chi connectivity index (χ3n) is 4.57. The predicted octanol–water partition coefficient (Wildman–Crippen LogP) is 4.15. The molecule has 0 bridgehead atoms. The van der Waals surface area contributed by atoms with Gasteiger partial charge in [0.2, 0.25) is 5.91 Å². The highest BCUT2D eigenvalue weighted by Gasteiger charge is 2.27. The van der Waals surface area contributed by atoms with Crippen LogP contribution in [0.3, 0.4) is 0 Å². The number of amides is 1. The van der Waals surface area contributed by atoms with E-state index in [1.807, 2.05) is 26.0 Å². The van der Waals surface area contributed by atoms with Gasteiger partial charge in [0.25, 0.3) is 10.0 Å². The van der Waals surface area contributed by atoms with E-state index in [2.05, 4.69) is 5.32 Å². The molecule has 0 aliphatic heterocycles. The Morgan fingerprint density at radius 1 is 0.933 bits per heavy atom. The van der Waals surface area contributed by atoms with Crippen LogP contribution < -0.4 is 14.4 Å². The Labute approximate surface area is 177 Å². The topological polar surface area (TPSA) is 75.7 Å². The molecule has 0 saturated heterocycles. The fourth-order valence-corrected chi connectivity index (χ4v) is 4.32. The molecule has 0 saturated carbocycles. The molecule has 0 unspecified atom stereocenters. The Morgan fingerprint density at radius 3 is 2.13 bits per heavy atom. The summed E-state index contributed by atoms with van der Waals surface area (Å²) in [6.07, 6.45) is 0. The number of nitrogens with one attached hydrogen (secondary N) is 1. The third kappa shape index (κ3) is 4.99. The standard InChI is InChI=1S/C23H24N2O4S/c1-17-7-11-20(12-8-17)25(30(27,28)22-13-9-18(2)10-14-22)16-23(26)24-19-5-4-6-21(15-19)29-3/h4-15H,16H2,1-3H3,(H,24,26). The maximum absolute atomic E-state index is 13.3. The lowest BCUT2D eigenvalue weighted by molar-refractivity contribution is -0.114. The largest absolute Gasteiger partial charge is 0.497 e. The zero-order chi connectivity index (χ0) is 21.7. The molecule has 0 fully saturated rings. The smallest absolute Gasteiger partial charge is 0.264 e. The molecule has 0 aromatic heterocycles. The van der Waals surface area contributed by atoms with Crippen LogP contribution in [-0.4, -0.2) is 28.0 Å². The monoisotopic (exact) mass is 424 g/mol. The van der Waals surface area contributed by atoms with Gasteiger partial charge in [-0.3, -0.25) is 9.10 Å². The van der Waals surface area contributed by atoms with E-state index in [0.717, 1.165) is 15.4 Å². The second kappa shape index (κ2) is 9.00. The van der Waals surface area contributed by atoms with Crippen molar-refractivity contribution in [3.63, 3.8) is 0 Å². The van der Waals surface area contributed by atoms with Gasteiger partial charge in [0.15, 0.2) is 0 Å². The molecule has 0 heterocycles. The molecule has 7 heteroatoms. The quantitative estimate of drug-likeness (QED) is 0.618. The van der Waals surface area contributed by atoms with Crippen molar-refractivity contribution in [2.75, 3.05) is 23.3 Å². The van der Waals surface area contributed by atoms with Gasteiger partial charge in [-0.25, -0.2) is 8.42 Å². The number of hydrogen-bond donors (Lipinski definition) is 1. The van der Waals surface area contributed by atoms with E-state index >= 15 is 0 Å². The number of ether oxygens (including phenoxy) is 1. The molecule has 1 amide bonds. The predicted molar refractivity (Wildman–Crippen MR) is 119 cm³/mol. The molecule has 0 aliphatic carbocycles. The van der Waals surface area contributed by atoms with Gasteiger partial charge in [-0.05, 0) is 50.2 Å². The lowest BCUT2D eigenvalue weighted by Gasteiger charge is -2.24. The molecule has 6 nitrogen and oxygen atoms in total. The zero-order valence-electron chi connectivity index (χ0n) is 17.1. The van der Waals surface area contributed by atoms with Crippen LogP contribution in [0.1, 0.15) is 11.1 Å². The number of nitrogens with zero attached hydrogens (tertiary/aromatic N) is 1. The highest BCUT2D eigenvalue weighted by atomic mass is 32.2. The van der Waals surface area contributed by atoms with Crippen LogP contribution in [0.4, 0.5) is 11.4 Å². The lowest BCUT2D eigenvalue weighted by atomic mass is 10.2. The van der Waals surface area contributed by atoms with Crippen molar-refractivity contribution in [3.05, 3.63) is 83.9 Å². The highest BCUT2D eigenvalue weighted by Crippen LogP contribution is 2.25. The molecule has 0 spiro atoms. The summed E-state index contributed by atoms with van der Waals surface area (Å²) in [6, 6.07) is 20.5. The first-order chi connectivity index (χ1) is 14.3. The number of sulfonamides is 1. The van der Waals surface area contributed by atoms with Gasteiger partial charge in [0.05, 0.1) is 17.7 Å². The summed E-state index contributed by atoms with van der Waals surface area (Å²) in [6.45, 7) is 3.43. The number of aryl methyl sites for hydroxylation is 2. The van der Waals surface area contributed by atoms with Crippen LogP contribution in [0.2, 0.25) is 0 Å². The zero-order valence-corrected chi connectivity index (χ0v) is 17.9. The maximum Gasteiger partial charge on any atom is 0.264 e. The van der Waals surface area contributed by atoms with Crippen molar-refractivity contribution in [1.29, 1.82) is 0 Å². The minimum absolute atomic E-state index is 0.128. The van der Waals surface area contributed by atoms with E-state index in [0.29, 0.717) is 17.1 Å². The van der Waals surface area contributed by atoms with Crippen molar-refractivity contribution in [2.24, 2.45) is 0 Å². The van der Waals surface area contributed by atoms with E-state index in [1.165, 1.54) is 7.11 Å². The van der Waals surface area contributed by atoms with E-state index in [-0.39, 0.29) is 11.4 Å². The van der Waals surface area contributed by atoms with E-state index in [1.54, 1.807) is 60.7 Å². The number of methoxy groups -OCH3 is 1. The van der Waals surface area contributed by atoms with Gasteiger partial charge in [-0.2, -0.15) is 0 Å². The normalized spacial score (nSPS) is 11.0. The molecule has 0 radical (unpaired) electrons. The first-order valence-electron chi connectivity index (χ1n) is 9.39. The molecule has 3 aromatic carbocycles. The molecule has 30 heavy (non-hydrogen) atoms. The molecule has 0 aliphatic rings. The summed E-state index contributed by atoms with van der Waals surface area (Å²) in [5.74, 6) is 0.134. The molecular weight excluding hydrogens is 400 g/mol. The number of hydrogen-bond acceptors (Lipinski definition) is 4. The van der Waals surface area contributed by atoms with Crippen molar-refractivity contribution in [2.45, 2.75) is 18.7 Å². The molecule has 0 atom stereocenters. The van der Waals surface area contributed by atoms with Gasteiger partial charge in [0, 0.05) is 11.8 Å². The molecular formula is C23H24N2O4S. The Kier molecular flexibility index (Phi) is 6.42. The van der Waals surface area contributed by atoms with Crippen LogP contribution in [0, 0.1) is 13.8 Å². The van der Waals surface area contributed by atoms with Gasteiger partial charge in [-0.15, -0.1) is 0 Å². The third-order valence-corrected chi connectivity index (χ3v) is 6.36. The summed E-state index contributed by atoms with van der Waals surface area (Å²) in [4.78, 5) is 12.9. The summed E-state index contributed by atoms with van der Waals surface area (Å²) in [5, 5.41) is 2.74. The number of carbonyl (C=O) groups is 1. The van der Waals surface area contributed by atoms with Crippen LogP contribution in [0.15, 0.2) is 77.7 Å². The van der Waals surface area contributed by atoms with Crippen molar-refractivity contribution in [1.82, 2.24) is 0 Å². The number of rotatable bonds is 7. The lowest BCUT2D eigenvalue weighted by Crippen LogP contribution is -2.38. The Morgan fingerprint density at radius 2 is 1.53 bits per heavy atom. The fourth-order valence-electron chi connectivity index (χ4n) is 2.90. The number of anilines is 2. The first kappa shape index (κ1) is 21.4. The minimum Gasteiger partial charge on any atom is -0.497 e. The van der Waals surface area contributed by atoms with E-state index < -0.39 is 15.9 Å². The second-order valence-electron chi connectivity index (χ2n) is 6.94. The van der Waals surface area contributed by atoms with Crippen LogP contribution >= 0.6 is 0 Å². The Hall–Kier alpha value is -3.32. The number of carbonyl (C=O) groups excluding carboxylic acids is 1. The van der Waals surface area contributed by atoms with Crippen molar-refractivity contribution >= 4 is 27.3 Å². The van der Waals surface area contributed by atoms with Gasteiger partial charge >= 0.3 is 0 Å². The van der Waals surface area contributed by atoms with Crippen LogP contribution in [-0.2, 0) is 14.8 Å². The summed E-state index contributed by atoms with van der Waals surface area (Å²) in [7, 11) is -2.40. The first-order valence-corrected chi connectivity index (χ1v) is 10.8. The van der Waals surface area contributed by atoms with Gasteiger partial charge in [-0.1, -0.05) is 41.5 Å². The fraction of sp³-hybridized carbons (Fsp3) is 0.174. The Balaban J connectivity index is 1.92. The summed E-state index contributed by atoms with van der Waals surface area (Å²) >= 11 is 0. The average molecular weight is 425 g/mol.